The first-order chi connectivity index (χ1) is 8.70. The summed E-state index contributed by atoms with van der Waals surface area (Å²) in [5, 5.41) is 17.0. The zero-order valence-corrected chi connectivity index (χ0v) is 10.7. The molecule has 0 saturated heterocycles. The topological polar surface area (TPSA) is 79.7 Å². The first kappa shape index (κ1) is 11.4. The fraction of sp³-hybridized carbons (Fsp3) is 0.692. The number of nitrogen functional groups attached to an aromatic ring is 1. The van der Waals surface area contributed by atoms with Crippen molar-refractivity contribution in [2.45, 2.75) is 38.6 Å². The van der Waals surface area contributed by atoms with Crippen molar-refractivity contribution >= 4 is 11.6 Å². The molecule has 96 valence electrons. The van der Waals surface area contributed by atoms with Crippen molar-refractivity contribution in [3.05, 3.63) is 5.56 Å². The van der Waals surface area contributed by atoms with Crippen LogP contribution < -0.4 is 11.1 Å². The second-order valence-electron chi connectivity index (χ2n) is 5.57. The molecule has 1 aromatic heterocycles. The molecule has 0 bridgehead atoms. The van der Waals surface area contributed by atoms with E-state index in [4.69, 9.17) is 5.73 Å². The summed E-state index contributed by atoms with van der Waals surface area (Å²) in [6.45, 7) is 3.04. The van der Waals surface area contributed by atoms with Crippen molar-refractivity contribution in [2.24, 2.45) is 11.8 Å². The van der Waals surface area contributed by atoms with Gasteiger partial charge < -0.3 is 11.1 Å². The van der Waals surface area contributed by atoms with Crippen LogP contribution in [0, 0.1) is 23.2 Å². The fourth-order valence-corrected chi connectivity index (χ4v) is 2.33. The average molecular weight is 245 g/mol. The van der Waals surface area contributed by atoms with E-state index in [9.17, 15) is 5.26 Å². The van der Waals surface area contributed by atoms with Gasteiger partial charge >= 0.3 is 0 Å². The molecular formula is C13H19N5. The maximum absolute atomic E-state index is 9.21. The standard InChI is InChI=1S/C13H19N5/c1-8(10-4-5-10)18-12(15)11(6-14)13(17-18)16-7-9-2-3-9/h8-10H,2-5,7,15H2,1H3,(H,16,17). The summed E-state index contributed by atoms with van der Waals surface area (Å²) in [5.74, 6) is 2.60. The summed E-state index contributed by atoms with van der Waals surface area (Å²) >= 11 is 0. The molecule has 2 aliphatic rings. The molecule has 1 heterocycles. The number of nitrogens with zero attached hydrogens (tertiary/aromatic N) is 3. The molecule has 1 atom stereocenters. The second-order valence-corrected chi connectivity index (χ2v) is 5.57. The first-order valence-electron chi connectivity index (χ1n) is 6.72. The number of hydrogen-bond donors (Lipinski definition) is 2. The van der Waals surface area contributed by atoms with E-state index in [-0.39, 0.29) is 0 Å². The van der Waals surface area contributed by atoms with Gasteiger partial charge in [-0.3, -0.25) is 0 Å². The highest BCUT2D eigenvalue weighted by Gasteiger charge is 2.32. The lowest BCUT2D eigenvalue weighted by Gasteiger charge is -2.12. The molecule has 2 saturated carbocycles. The molecule has 0 aliphatic heterocycles. The average Bonchev–Trinajstić information content (AvgIpc) is 3.25. The van der Waals surface area contributed by atoms with E-state index in [1.807, 2.05) is 4.68 Å². The quantitative estimate of drug-likeness (QED) is 0.832. The highest BCUT2D eigenvalue weighted by molar-refractivity contribution is 5.64. The van der Waals surface area contributed by atoms with E-state index in [1.54, 1.807) is 0 Å². The number of nitriles is 1. The zero-order valence-electron chi connectivity index (χ0n) is 10.7. The Morgan fingerprint density at radius 3 is 2.78 bits per heavy atom. The third kappa shape index (κ3) is 2.03. The Morgan fingerprint density at radius 1 is 1.50 bits per heavy atom. The van der Waals surface area contributed by atoms with Crippen molar-refractivity contribution in [2.75, 3.05) is 17.6 Å². The third-order valence-electron chi connectivity index (χ3n) is 4.00. The van der Waals surface area contributed by atoms with Crippen LogP contribution in [0.25, 0.3) is 0 Å². The predicted molar refractivity (Wildman–Crippen MR) is 70.0 cm³/mol. The Balaban J connectivity index is 1.82. The molecular weight excluding hydrogens is 226 g/mol. The lowest BCUT2D eigenvalue weighted by molar-refractivity contribution is 0.447. The number of nitrogens with two attached hydrogens (primary N) is 1. The van der Waals surface area contributed by atoms with Crippen LogP contribution in [0.5, 0.6) is 0 Å². The van der Waals surface area contributed by atoms with Crippen molar-refractivity contribution in [3.63, 3.8) is 0 Å². The number of hydrogen-bond acceptors (Lipinski definition) is 4. The minimum Gasteiger partial charge on any atom is -0.383 e. The summed E-state index contributed by atoms with van der Waals surface area (Å²) in [6, 6.07) is 2.47. The van der Waals surface area contributed by atoms with Gasteiger partial charge in [0.25, 0.3) is 0 Å². The Labute approximate surface area is 107 Å². The van der Waals surface area contributed by atoms with Gasteiger partial charge in [0.05, 0.1) is 6.04 Å². The van der Waals surface area contributed by atoms with Crippen LogP contribution in [-0.4, -0.2) is 16.3 Å². The molecule has 5 nitrogen and oxygen atoms in total. The summed E-state index contributed by atoms with van der Waals surface area (Å²) < 4.78 is 1.82. The summed E-state index contributed by atoms with van der Waals surface area (Å²) in [5.41, 5.74) is 6.54. The number of anilines is 2. The lowest BCUT2D eigenvalue weighted by atomic mass is 10.2. The molecule has 0 amide bonds. The maximum atomic E-state index is 9.21. The number of rotatable bonds is 5. The molecule has 2 aliphatic carbocycles. The molecule has 0 radical (unpaired) electrons. The van der Waals surface area contributed by atoms with E-state index < -0.39 is 0 Å². The zero-order chi connectivity index (χ0) is 12.7. The van der Waals surface area contributed by atoms with Gasteiger partial charge in [0.2, 0.25) is 0 Å². The van der Waals surface area contributed by atoms with E-state index in [2.05, 4.69) is 23.4 Å². The maximum Gasteiger partial charge on any atom is 0.168 e. The van der Waals surface area contributed by atoms with Gasteiger partial charge in [-0.1, -0.05) is 0 Å². The van der Waals surface area contributed by atoms with Crippen LogP contribution in [0.4, 0.5) is 11.6 Å². The van der Waals surface area contributed by atoms with Crippen molar-refractivity contribution in [1.82, 2.24) is 9.78 Å². The van der Waals surface area contributed by atoms with Gasteiger partial charge in [0.15, 0.2) is 5.82 Å². The number of aromatic nitrogens is 2. The van der Waals surface area contributed by atoms with E-state index in [1.165, 1.54) is 25.7 Å². The molecule has 0 aromatic carbocycles. The summed E-state index contributed by atoms with van der Waals surface area (Å²) in [6.07, 6.45) is 5.05. The number of nitrogens with one attached hydrogen (secondary N) is 1. The second kappa shape index (κ2) is 4.20. The van der Waals surface area contributed by atoms with E-state index >= 15 is 0 Å². The van der Waals surface area contributed by atoms with Crippen LogP contribution >= 0.6 is 0 Å². The van der Waals surface area contributed by atoms with Gasteiger partial charge in [-0.15, -0.1) is 0 Å². The van der Waals surface area contributed by atoms with E-state index in [0.717, 1.165) is 12.5 Å². The monoisotopic (exact) mass is 245 g/mol. The molecule has 3 rings (SSSR count). The van der Waals surface area contributed by atoms with Crippen molar-refractivity contribution < 1.29 is 0 Å². The Hall–Kier alpha value is -1.70. The Morgan fingerprint density at radius 2 is 2.22 bits per heavy atom. The molecule has 2 fully saturated rings. The van der Waals surface area contributed by atoms with Crippen molar-refractivity contribution in [3.8, 4) is 6.07 Å². The molecule has 1 aromatic rings. The molecule has 5 heteroatoms. The largest absolute Gasteiger partial charge is 0.383 e. The summed E-state index contributed by atoms with van der Waals surface area (Å²) in [4.78, 5) is 0. The highest BCUT2D eigenvalue weighted by Crippen LogP contribution is 2.41. The van der Waals surface area contributed by atoms with Crippen LogP contribution in [0.15, 0.2) is 0 Å². The predicted octanol–water partition coefficient (Wildman–Crippen LogP) is 2.13. The molecule has 1 unspecified atom stereocenters. The smallest absolute Gasteiger partial charge is 0.168 e. The molecule has 18 heavy (non-hydrogen) atoms. The van der Waals surface area contributed by atoms with Gasteiger partial charge in [-0.2, -0.15) is 10.4 Å². The van der Waals surface area contributed by atoms with Gasteiger partial charge in [-0.25, -0.2) is 4.68 Å². The highest BCUT2D eigenvalue weighted by atomic mass is 15.4. The van der Waals surface area contributed by atoms with Crippen LogP contribution in [-0.2, 0) is 0 Å². The molecule has 0 spiro atoms. The van der Waals surface area contributed by atoms with Crippen LogP contribution in [0.1, 0.15) is 44.2 Å². The molecule has 3 N–H and O–H groups in total. The van der Waals surface area contributed by atoms with Gasteiger partial charge in [0.1, 0.15) is 17.5 Å². The van der Waals surface area contributed by atoms with E-state index in [0.29, 0.717) is 29.2 Å². The Kier molecular flexibility index (Phi) is 2.66. The third-order valence-corrected chi connectivity index (χ3v) is 4.00. The summed E-state index contributed by atoms with van der Waals surface area (Å²) in [7, 11) is 0. The minimum atomic E-state index is 0.300. The van der Waals surface area contributed by atoms with Crippen molar-refractivity contribution in [1.29, 1.82) is 5.26 Å². The lowest BCUT2D eigenvalue weighted by Crippen LogP contribution is -2.12. The first-order valence-corrected chi connectivity index (χ1v) is 6.72. The minimum absolute atomic E-state index is 0.300. The van der Waals surface area contributed by atoms with Crippen LogP contribution in [0.3, 0.4) is 0 Å². The van der Waals surface area contributed by atoms with Gasteiger partial charge in [-0.05, 0) is 44.4 Å². The normalized spacial score (nSPS) is 20.4. The fourth-order valence-electron chi connectivity index (χ4n) is 2.33. The van der Waals surface area contributed by atoms with Gasteiger partial charge in [0, 0.05) is 6.54 Å². The Bertz CT molecular complexity index is 490. The van der Waals surface area contributed by atoms with Crippen LogP contribution in [0.2, 0.25) is 0 Å². The SMILES string of the molecule is CC(C1CC1)n1nc(NCC2CC2)c(C#N)c1N.